The summed E-state index contributed by atoms with van der Waals surface area (Å²) < 4.78 is 0. The number of ketones is 1. The highest BCUT2D eigenvalue weighted by Crippen LogP contribution is 2.16. The molecule has 0 unspecified atom stereocenters. The Kier molecular flexibility index (Phi) is 5.21. The lowest BCUT2D eigenvalue weighted by atomic mass is 9.97. The summed E-state index contributed by atoms with van der Waals surface area (Å²) >= 11 is 0. The Morgan fingerprint density at radius 3 is 1.52 bits per heavy atom. The van der Waals surface area contributed by atoms with Crippen LogP contribution in [-0.4, -0.2) is 40.7 Å². The van der Waals surface area contributed by atoms with E-state index >= 15 is 0 Å². The summed E-state index contributed by atoms with van der Waals surface area (Å²) in [5.41, 5.74) is 3.73. The number of Topliss-reactive ketones (excluding diaryl/α,β-unsaturated/α-hetero) is 1. The highest BCUT2D eigenvalue weighted by atomic mass is 16.2. The topological polar surface area (TPSA) is 69.7 Å². The van der Waals surface area contributed by atoms with Crippen LogP contribution in [0.4, 0.5) is 0 Å². The van der Waals surface area contributed by atoms with E-state index in [4.69, 9.17) is 0 Å². The summed E-state index contributed by atoms with van der Waals surface area (Å²) in [5.74, 6) is -1.42. The van der Waals surface area contributed by atoms with Crippen LogP contribution >= 0.6 is 0 Å². The van der Waals surface area contributed by atoms with Crippen LogP contribution in [0.1, 0.15) is 20.8 Å². The molecule has 6 heteroatoms. The molecule has 1 aliphatic heterocycles. The first-order valence-corrected chi connectivity index (χ1v) is 6.56. The van der Waals surface area contributed by atoms with Gasteiger partial charge in [0.25, 0.3) is 11.8 Å². The van der Waals surface area contributed by atoms with Gasteiger partial charge in [-0.15, -0.1) is 5.53 Å². The summed E-state index contributed by atoms with van der Waals surface area (Å²) in [6.45, 7) is 15.9. The number of allylic oxidation sites excluding steroid dienone is 1. The second-order valence-corrected chi connectivity index (χ2v) is 5.33. The molecule has 0 saturated carbocycles. The van der Waals surface area contributed by atoms with Crippen molar-refractivity contribution in [3.63, 3.8) is 0 Å². The SMILES string of the molecule is C=C(C)C(=O)C1CN(C(=O)C(=C)C)NN(C(=O)C(=C)C)C1. The summed E-state index contributed by atoms with van der Waals surface area (Å²) in [7, 11) is 0. The van der Waals surface area contributed by atoms with Crippen molar-refractivity contribution in [3.8, 4) is 0 Å². The zero-order valence-corrected chi connectivity index (χ0v) is 12.7. The number of nitrogens with zero attached hydrogens (tertiary/aromatic N) is 2. The van der Waals surface area contributed by atoms with Gasteiger partial charge in [-0.1, -0.05) is 19.7 Å². The highest BCUT2D eigenvalue weighted by molar-refractivity contribution is 5.99. The molecule has 0 bridgehead atoms. The van der Waals surface area contributed by atoms with Gasteiger partial charge in [0.05, 0.1) is 19.0 Å². The maximum atomic E-state index is 12.1. The lowest BCUT2D eigenvalue weighted by Crippen LogP contribution is -2.63. The van der Waals surface area contributed by atoms with Gasteiger partial charge >= 0.3 is 0 Å². The predicted molar refractivity (Wildman–Crippen MR) is 79.5 cm³/mol. The van der Waals surface area contributed by atoms with E-state index in [1.54, 1.807) is 20.8 Å². The monoisotopic (exact) mass is 291 g/mol. The molecule has 0 aliphatic carbocycles. The van der Waals surface area contributed by atoms with Crippen molar-refractivity contribution in [3.05, 3.63) is 36.5 Å². The second kappa shape index (κ2) is 6.49. The van der Waals surface area contributed by atoms with Crippen LogP contribution < -0.4 is 5.53 Å². The molecule has 0 aromatic heterocycles. The Hall–Kier alpha value is -2.21. The van der Waals surface area contributed by atoms with E-state index in [0.29, 0.717) is 16.7 Å². The lowest BCUT2D eigenvalue weighted by molar-refractivity contribution is -0.154. The van der Waals surface area contributed by atoms with E-state index in [0.717, 1.165) is 0 Å². The van der Waals surface area contributed by atoms with Crippen molar-refractivity contribution >= 4 is 17.6 Å². The van der Waals surface area contributed by atoms with Crippen molar-refractivity contribution < 1.29 is 14.4 Å². The Balaban J connectivity index is 3.03. The van der Waals surface area contributed by atoms with Gasteiger partial charge in [0.1, 0.15) is 0 Å². The minimum Gasteiger partial charge on any atom is -0.294 e. The molecule has 1 saturated heterocycles. The van der Waals surface area contributed by atoms with Gasteiger partial charge in [-0.2, -0.15) is 0 Å². The van der Waals surface area contributed by atoms with Gasteiger partial charge in [0, 0.05) is 11.1 Å². The van der Waals surface area contributed by atoms with E-state index in [1.165, 1.54) is 10.0 Å². The zero-order valence-electron chi connectivity index (χ0n) is 12.7. The normalized spacial score (nSPS) is 15.6. The average molecular weight is 291 g/mol. The maximum absolute atomic E-state index is 12.1. The third-order valence-electron chi connectivity index (χ3n) is 3.06. The maximum Gasteiger partial charge on any atom is 0.264 e. The van der Waals surface area contributed by atoms with E-state index < -0.39 is 5.92 Å². The number of rotatable bonds is 4. The Morgan fingerprint density at radius 1 is 0.857 bits per heavy atom. The molecule has 0 aromatic rings. The number of amides is 2. The van der Waals surface area contributed by atoms with E-state index in [2.05, 4.69) is 25.3 Å². The van der Waals surface area contributed by atoms with Crippen molar-refractivity contribution in [2.45, 2.75) is 20.8 Å². The minimum absolute atomic E-state index is 0.164. The van der Waals surface area contributed by atoms with Gasteiger partial charge in [0.15, 0.2) is 5.78 Å². The lowest BCUT2D eigenvalue weighted by Gasteiger charge is -2.40. The third-order valence-corrected chi connectivity index (χ3v) is 3.06. The van der Waals surface area contributed by atoms with Crippen LogP contribution in [0.5, 0.6) is 0 Å². The Morgan fingerprint density at radius 2 is 1.24 bits per heavy atom. The fourth-order valence-electron chi connectivity index (χ4n) is 1.96. The Bertz CT molecular complexity index is 454. The fourth-order valence-corrected chi connectivity index (χ4v) is 1.96. The van der Waals surface area contributed by atoms with Crippen molar-refractivity contribution in [1.29, 1.82) is 0 Å². The third kappa shape index (κ3) is 3.88. The molecule has 6 nitrogen and oxygen atoms in total. The van der Waals surface area contributed by atoms with Crippen molar-refractivity contribution in [2.24, 2.45) is 5.92 Å². The molecule has 0 atom stereocenters. The standard InChI is InChI=1S/C15H21N3O3/c1-9(2)13(19)12-7-17(14(20)10(3)4)16-18(8-12)15(21)11(5)6/h12,16H,1,3,5,7-8H2,2,4,6H3. The van der Waals surface area contributed by atoms with Crippen LogP contribution in [0.3, 0.4) is 0 Å². The number of nitrogens with one attached hydrogen (secondary N) is 1. The van der Waals surface area contributed by atoms with E-state index in [1.807, 2.05) is 0 Å². The number of carbonyl (C=O) groups is 3. The molecule has 0 radical (unpaired) electrons. The molecule has 21 heavy (non-hydrogen) atoms. The summed E-state index contributed by atoms with van der Waals surface area (Å²) in [4.78, 5) is 36.2. The number of hydrogen-bond acceptors (Lipinski definition) is 4. The smallest absolute Gasteiger partial charge is 0.264 e. The van der Waals surface area contributed by atoms with Gasteiger partial charge in [-0.25, -0.2) is 0 Å². The first-order chi connectivity index (χ1) is 9.65. The number of hydrogen-bond donors (Lipinski definition) is 1. The summed E-state index contributed by atoms with van der Waals surface area (Å²) in [6, 6.07) is 0. The molecular weight excluding hydrogens is 270 g/mol. The molecular formula is C15H21N3O3. The number of hydrazine groups is 2. The molecule has 1 aliphatic rings. The first kappa shape index (κ1) is 16.8. The molecule has 1 rings (SSSR count). The Labute approximate surface area is 124 Å². The van der Waals surface area contributed by atoms with Crippen LogP contribution in [0, 0.1) is 5.92 Å². The second-order valence-electron chi connectivity index (χ2n) is 5.33. The molecule has 2 amide bonds. The predicted octanol–water partition coefficient (Wildman–Crippen LogP) is 0.990. The largest absolute Gasteiger partial charge is 0.294 e. The molecule has 0 aromatic carbocycles. The molecule has 1 heterocycles. The molecule has 1 N–H and O–H groups in total. The van der Waals surface area contributed by atoms with E-state index in [-0.39, 0.29) is 30.7 Å². The van der Waals surface area contributed by atoms with E-state index in [9.17, 15) is 14.4 Å². The fraction of sp³-hybridized carbons (Fsp3) is 0.400. The molecule has 114 valence electrons. The first-order valence-electron chi connectivity index (χ1n) is 6.56. The zero-order chi connectivity index (χ0) is 16.3. The highest BCUT2D eigenvalue weighted by Gasteiger charge is 2.34. The van der Waals surface area contributed by atoms with Crippen molar-refractivity contribution in [2.75, 3.05) is 13.1 Å². The summed E-state index contributed by atoms with van der Waals surface area (Å²) in [5, 5.41) is 2.44. The van der Waals surface area contributed by atoms with Crippen molar-refractivity contribution in [1.82, 2.24) is 15.6 Å². The number of carbonyl (C=O) groups excluding carboxylic acids is 3. The summed E-state index contributed by atoms with van der Waals surface area (Å²) in [6.07, 6.45) is 0. The van der Waals surface area contributed by atoms with Gasteiger partial charge < -0.3 is 0 Å². The van der Waals surface area contributed by atoms with Crippen LogP contribution in [-0.2, 0) is 14.4 Å². The van der Waals surface area contributed by atoms with Gasteiger partial charge in [0.2, 0.25) is 0 Å². The minimum atomic E-state index is -0.518. The molecule has 1 fully saturated rings. The molecule has 0 spiro atoms. The van der Waals surface area contributed by atoms with Gasteiger partial charge in [-0.3, -0.25) is 24.4 Å². The average Bonchev–Trinajstić information content (AvgIpc) is 2.43. The van der Waals surface area contributed by atoms with Crippen LogP contribution in [0.15, 0.2) is 36.5 Å². The van der Waals surface area contributed by atoms with Gasteiger partial charge in [-0.05, 0) is 26.3 Å². The van der Waals surface area contributed by atoms with Crippen LogP contribution in [0.25, 0.3) is 0 Å². The quantitative estimate of drug-likeness (QED) is 0.784. The van der Waals surface area contributed by atoms with Crippen LogP contribution in [0.2, 0.25) is 0 Å².